The summed E-state index contributed by atoms with van der Waals surface area (Å²) < 4.78 is 29.9. The van der Waals surface area contributed by atoms with E-state index in [1.54, 1.807) is 24.3 Å². The second kappa shape index (κ2) is 7.54. The minimum absolute atomic E-state index is 0.0213. The molecule has 0 unspecified atom stereocenters. The third-order valence-electron chi connectivity index (χ3n) is 5.63. The minimum atomic E-state index is -3.96. The number of anilines is 1. The first-order chi connectivity index (χ1) is 12.4. The largest absolute Gasteiger partial charge is 0.381 e. The van der Waals surface area contributed by atoms with Crippen molar-refractivity contribution in [2.24, 2.45) is 5.92 Å². The fourth-order valence-electron chi connectivity index (χ4n) is 3.75. The number of piperidine rings is 1. The normalized spacial score (nSPS) is 21.4. The maximum absolute atomic E-state index is 13.2. The maximum Gasteiger partial charge on any atom is 0.265 e. The van der Waals surface area contributed by atoms with E-state index in [0.717, 1.165) is 37.5 Å². The molecule has 2 fully saturated rings. The SMILES string of the molecule is CC1CCN(c2ccc(S(=O)(=O)C3(C(=O)NO)CCOCC3)cc2)CC1. The van der Waals surface area contributed by atoms with Crippen molar-refractivity contribution in [1.29, 1.82) is 0 Å². The standard InChI is InChI=1S/C18H26N2O5S/c1-14-6-10-20(11-7-14)15-2-4-16(5-3-15)26(23,24)18(17(21)19-22)8-12-25-13-9-18/h2-5,14,22H,6-13H2,1H3,(H,19,21). The van der Waals surface area contributed by atoms with Crippen LogP contribution >= 0.6 is 0 Å². The molecule has 0 saturated carbocycles. The Balaban J connectivity index is 1.87. The van der Waals surface area contributed by atoms with Crippen molar-refractivity contribution in [3.05, 3.63) is 24.3 Å². The lowest BCUT2D eigenvalue weighted by molar-refractivity contribution is -0.134. The third kappa shape index (κ3) is 3.33. The zero-order valence-corrected chi connectivity index (χ0v) is 15.8. The predicted octanol–water partition coefficient (Wildman–Crippen LogP) is 1.75. The van der Waals surface area contributed by atoms with Crippen LogP contribution in [0.3, 0.4) is 0 Å². The average Bonchev–Trinajstić information content (AvgIpc) is 2.68. The van der Waals surface area contributed by atoms with Gasteiger partial charge < -0.3 is 9.64 Å². The van der Waals surface area contributed by atoms with Gasteiger partial charge in [0.05, 0.1) is 4.90 Å². The summed E-state index contributed by atoms with van der Waals surface area (Å²) in [6.07, 6.45) is 2.29. The molecule has 2 aliphatic heterocycles. The number of nitrogens with zero attached hydrogens (tertiary/aromatic N) is 1. The fourth-order valence-corrected chi connectivity index (χ4v) is 5.69. The number of ether oxygens (including phenoxy) is 1. The van der Waals surface area contributed by atoms with Crippen LogP contribution < -0.4 is 10.4 Å². The first-order valence-electron chi connectivity index (χ1n) is 9.03. The Labute approximate surface area is 154 Å². The van der Waals surface area contributed by atoms with E-state index in [1.165, 1.54) is 5.48 Å². The zero-order chi connectivity index (χ0) is 18.8. The van der Waals surface area contributed by atoms with Gasteiger partial charge in [0.2, 0.25) is 0 Å². The second-order valence-corrected chi connectivity index (χ2v) is 9.47. The average molecular weight is 382 g/mol. The number of carbonyl (C=O) groups excluding carboxylic acids is 1. The second-order valence-electron chi connectivity index (χ2n) is 7.21. The van der Waals surface area contributed by atoms with Gasteiger partial charge in [-0.05, 0) is 55.9 Å². The van der Waals surface area contributed by atoms with E-state index in [2.05, 4.69) is 11.8 Å². The van der Waals surface area contributed by atoms with E-state index in [9.17, 15) is 13.2 Å². The number of hydroxylamine groups is 1. The van der Waals surface area contributed by atoms with E-state index >= 15 is 0 Å². The van der Waals surface area contributed by atoms with Gasteiger partial charge in [0.15, 0.2) is 14.6 Å². The number of nitrogens with one attached hydrogen (secondary N) is 1. The molecule has 0 bridgehead atoms. The molecule has 1 aromatic rings. The molecule has 1 aromatic carbocycles. The highest BCUT2D eigenvalue weighted by Gasteiger charge is 2.52. The maximum atomic E-state index is 13.2. The molecule has 2 N–H and O–H groups in total. The van der Waals surface area contributed by atoms with Crippen molar-refractivity contribution < 1.29 is 23.2 Å². The van der Waals surface area contributed by atoms with Gasteiger partial charge in [0, 0.05) is 32.0 Å². The number of rotatable bonds is 4. The summed E-state index contributed by atoms with van der Waals surface area (Å²) in [6.45, 7) is 4.49. The van der Waals surface area contributed by atoms with Crippen molar-refractivity contribution in [2.75, 3.05) is 31.2 Å². The molecule has 1 amide bonds. The fraction of sp³-hybridized carbons (Fsp3) is 0.611. The van der Waals surface area contributed by atoms with Gasteiger partial charge in [0.25, 0.3) is 5.91 Å². The summed E-state index contributed by atoms with van der Waals surface area (Å²) in [5.41, 5.74) is 2.53. The molecule has 3 rings (SSSR count). The predicted molar refractivity (Wildman–Crippen MR) is 97.0 cm³/mol. The first kappa shape index (κ1) is 19.1. The summed E-state index contributed by atoms with van der Waals surface area (Å²) in [4.78, 5) is 14.6. The number of amides is 1. The summed E-state index contributed by atoms with van der Waals surface area (Å²) in [5.74, 6) is -0.175. The van der Waals surface area contributed by atoms with Crippen LogP contribution in [-0.2, 0) is 19.4 Å². The van der Waals surface area contributed by atoms with Crippen LogP contribution in [0.2, 0.25) is 0 Å². The Morgan fingerprint density at radius 1 is 1.19 bits per heavy atom. The molecule has 0 aromatic heterocycles. The van der Waals surface area contributed by atoms with Gasteiger partial charge in [-0.15, -0.1) is 0 Å². The first-order valence-corrected chi connectivity index (χ1v) is 10.5. The van der Waals surface area contributed by atoms with E-state index < -0.39 is 20.5 Å². The van der Waals surface area contributed by atoms with Gasteiger partial charge in [0.1, 0.15) is 0 Å². The number of hydrogen-bond acceptors (Lipinski definition) is 6. The highest BCUT2D eigenvalue weighted by Crippen LogP contribution is 2.36. The lowest BCUT2D eigenvalue weighted by atomic mass is 9.98. The van der Waals surface area contributed by atoms with Gasteiger partial charge in [-0.1, -0.05) is 6.92 Å². The Morgan fingerprint density at radius 3 is 2.31 bits per heavy atom. The molecule has 2 heterocycles. The molecular formula is C18H26N2O5S. The molecule has 0 atom stereocenters. The van der Waals surface area contributed by atoms with Gasteiger partial charge >= 0.3 is 0 Å². The lowest BCUT2D eigenvalue weighted by Crippen LogP contribution is -2.54. The quantitative estimate of drug-likeness (QED) is 0.608. The highest BCUT2D eigenvalue weighted by atomic mass is 32.2. The summed E-state index contributed by atoms with van der Waals surface area (Å²) >= 11 is 0. The van der Waals surface area contributed by atoms with E-state index in [1.807, 2.05) is 0 Å². The summed E-state index contributed by atoms with van der Waals surface area (Å²) in [6, 6.07) is 6.72. The molecular weight excluding hydrogens is 356 g/mol. The number of benzene rings is 1. The molecule has 7 nitrogen and oxygen atoms in total. The molecule has 0 spiro atoms. The highest BCUT2D eigenvalue weighted by molar-refractivity contribution is 7.93. The molecule has 2 aliphatic rings. The molecule has 144 valence electrons. The monoisotopic (exact) mass is 382 g/mol. The number of hydrogen-bond donors (Lipinski definition) is 2. The van der Waals surface area contributed by atoms with E-state index in [-0.39, 0.29) is 31.0 Å². The van der Waals surface area contributed by atoms with Crippen LogP contribution in [0.5, 0.6) is 0 Å². The van der Waals surface area contributed by atoms with Crippen LogP contribution in [-0.4, -0.2) is 50.6 Å². The van der Waals surface area contributed by atoms with E-state index in [4.69, 9.17) is 9.94 Å². The summed E-state index contributed by atoms with van der Waals surface area (Å²) in [7, 11) is -3.96. The molecule has 0 radical (unpaired) electrons. The van der Waals surface area contributed by atoms with Gasteiger partial charge in [-0.25, -0.2) is 13.9 Å². The van der Waals surface area contributed by atoms with Crippen LogP contribution in [0, 0.1) is 5.92 Å². The molecule has 2 saturated heterocycles. The lowest BCUT2D eigenvalue weighted by Gasteiger charge is -2.34. The van der Waals surface area contributed by atoms with Crippen LogP contribution in [0.15, 0.2) is 29.2 Å². The Hall–Kier alpha value is -1.64. The van der Waals surface area contributed by atoms with Gasteiger partial charge in [-0.2, -0.15) is 0 Å². The Morgan fingerprint density at radius 2 is 1.77 bits per heavy atom. The Bertz CT molecular complexity index is 733. The minimum Gasteiger partial charge on any atom is -0.381 e. The summed E-state index contributed by atoms with van der Waals surface area (Å²) in [5, 5.41) is 9.09. The molecule has 0 aliphatic carbocycles. The zero-order valence-electron chi connectivity index (χ0n) is 15.0. The topological polar surface area (TPSA) is 95.9 Å². The van der Waals surface area contributed by atoms with Crippen molar-refractivity contribution >= 4 is 21.4 Å². The van der Waals surface area contributed by atoms with Crippen molar-refractivity contribution in [3.8, 4) is 0 Å². The van der Waals surface area contributed by atoms with Gasteiger partial charge in [-0.3, -0.25) is 10.0 Å². The number of carbonyl (C=O) groups is 1. The van der Waals surface area contributed by atoms with Crippen molar-refractivity contribution in [3.63, 3.8) is 0 Å². The van der Waals surface area contributed by atoms with Crippen LogP contribution in [0.4, 0.5) is 5.69 Å². The molecule has 26 heavy (non-hydrogen) atoms. The smallest absolute Gasteiger partial charge is 0.265 e. The molecule has 8 heteroatoms. The number of sulfone groups is 1. The third-order valence-corrected chi connectivity index (χ3v) is 8.14. The van der Waals surface area contributed by atoms with Crippen LogP contribution in [0.1, 0.15) is 32.6 Å². The van der Waals surface area contributed by atoms with E-state index in [0.29, 0.717) is 0 Å². The van der Waals surface area contributed by atoms with Crippen LogP contribution in [0.25, 0.3) is 0 Å². The Kier molecular flexibility index (Phi) is 5.55. The van der Waals surface area contributed by atoms with Crippen molar-refractivity contribution in [2.45, 2.75) is 42.2 Å². The van der Waals surface area contributed by atoms with Crippen molar-refractivity contribution in [1.82, 2.24) is 5.48 Å².